The van der Waals surface area contributed by atoms with E-state index >= 15 is 0 Å². The maximum atomic E-state index is 6.73. The van der Waals surface area contributed by atoms with Crippen LogP contribution >= 0.6 is 0 Å². The van der Waals surface area contributed by atoms with E-state index in [0.717, 1.165) is 49.8 Å². The Hall–Kier alpha value is -7.63. The van der Waals surface area contributed by atoms with Crippen molar-refractivity contribution in [2.45, 2.75) is 19.3 Å². The molecule has 9 aromatic rings. The van der Waals surface area contributed by atoms with Crippen molar-refractivity contribution in [3.63, 3.8) is 0 Å². The maximum absolute atomic E-state index is 6.73. The van der Waals surface area contributed by atoms with Crippen LogP contribution in [0.2, 0.25) is 0 Å². The summed E-state index contributed by atoms with van der Waals surface area (Å²) in [4.78, 5) is 17.6. The zero-order chi connectivity index (χ0) is 39.9. The second-order valence-corrected chi connectivity index (χ2v) is 15.3. The molecule has 1 aliphatic rings. The van der Waals surface area contributed by atoms with Crippen LogP contribution in [0.15, 0.2) is 193 Å². The molecular formula is C54H40N4O. The fraction of sp³-hybridized carbons (Fsp3) is 0.0556. The van der Waals surface area contributed by atoms with Gasteiger partial charge < -0.3 is 9.32 Å². The summed E-state index contributed by atoms with van der Waals surface area (Å²) in [5.74, 6) is 1.75. The first kappa shape index (κ1) is 35.8. The number of hydrogen-bond donors (Lipinski definition) is 0. The molecule has 0 N–H and O–H groups in total. The molecule has 0 atom stereocenters. The van der Waals surface area contributed by atoms with E-state index in [0.29, 0.717) is 28.5 Å². The monoisotopic (exact) mass is 760 g/mol. The highest BCUT2D eigenvalue weighted by Gasteiger charge is 2.38. The van der Waals surface area contributed by atoms with Gasteiger partial charge in [-0.15, -0.1) is 0 Å². The molecule has 0 fully saturated rings. The van der Waals surface area contributed by atoms with E-state index in [-0.39, 0.29) is 5.41 Å². The first-order valence-electron chi connectivity index (χ1n) is 19.9. The lowest BCUT2D eigenvalue weighted by atomic mass is 9.81. The quantitative estimate of drug-likeness (QED) is 0.154. The number of allylic oxidation sites excluding steroid dienone is 1. The standard InChI is InChI=1S/C54H40N4O/c1-4-19-47-44(49-43(30-18-33-48(49)59-47)53-56-51(37-22-10-6-11-23-37)55-52(57-53)38-24-12-7-13-25-38)35-58(40-27-16-26-39(34-40)36-20-8-5-9-21-36)46-32-17-29-42-41-28-14-15-31-45(41)54(2,3)50(42)46/h4-35H,1H2,2-3H3/b44-35+,47-19+. The van der Waals surface area contributed by atoms with E-state index in [9.17, 15) is 0 Å². The highest BCUT2D eigenvalue weighted by atomic mass is 16.3. The molecule has 0 saturated carbocycles. The third-order valence-electron chi connectivity index (χ3n) is 11.3. The van der Waals surface area contributed by atoms with Gasteiger partial charge in [-0.05, 0) is 63.7 Å². The molecule has 10 rings (SSSR count). The molecule has 0 unspecified atom stereocenters. The van der Waals surface area contributed by atoms with Crippen LogP contribution < -0.4 is 15.5 Å². The van der Waals surface area contributed by atoms with Gasteiger partial charge in [0.15, 0.2) is 17.5 Å². The number of aromatic nitrogens is 3. The first-order valence-corrected chi connectivity index (χ1v) is 19.9. The summed E-state index contributed by atoms with van der Waals surface area (Å²) < 4.78 is 6.73. The van der Waals surface area contributed by atoms with Crippen molar-refractivity contribution in [3.05, 3.63) is 210 Å². The van der Waals surface area contributed by atoms with Crippen molar-refractivity contribution in [1.29, 1.82) is 0 Å². The summed E-state index contributed by atoms with van der Waals surface area (Å²) >= 11 is 0. The molecule has 0 spiro atoms. The van der Waals surface area contributed by atoms with Gasteiger partial charge >= 0.3 is 0 Å². The molecule has 0 bridgehead atoms. The molecule has 0 aliphatic heterocycles. The molecule has 0 radical (unpaired) electrons. The average Bonchev–Trinajstić information content (AvgIpc) is 3.77. The predicted octanol–water partition coefficient (Wildman–Crippen LogP) is 12.1. The number of furan rings is 1. The zero-order valence-corrected chi connectivity index (χ0v) is 32.9. The Balaban J connectivity index is 1.27. The SMILES string of the molecule is C=C/C=c1/oc2cccc(-c3nc(-c4ccccc4)nc(-c4ccccc4)n3)c2/c1=C/N(c1cccc(-c2ccccc2)c1)c1cccc2c1C(C)(C)c1ccccc1-2. The summed E-state index contributed by atoms with van der Waals surface area (Å²) in [5.41, 5.74) is 13.2. The number of fused-ring (bicyclic) bond motifs is 4. The van der Waals surface area contributed by atoms with E-state index in [1.165, 1.54) is 22.3 Å². The van der Waals surface area contributed by atoms with Crippen LogP contribution in [0.25, 0.3) is 79.7 Å². The smallest absolute Gasteiger partial charge is 0.164 e. The lowest BCUT2D eigenvalue weighted by Gasteiger charge is -2.30. The van der Waals surface area contributed by atoms with Crippen LogP contribution in [0.3, 0.4) is 0 Å². The highest BCUT2D eigenvalue weighted by Crippen LogP contribution is 2.53. The van der Waals surface area contributed by atoms with Gasteiger partial charge in [-0.1, -0.05) is 178 Å². The van der Waals surface area contributed by atoms with Crippen molar-refractivity contribution in [2.24, 2.45) is 0 Å². The molecule has 282 valence electrons. The molecule has 5 nitrogen and oxygen atoms in total. The third-order valence-corrected chi connectivity index (χ3v) is 11.3. The van der Waals surface area contributed by atoms with E-state index in [4.69, 9.17) is 19.4 Å². The Bertz CT molecular complexity index is 3090. The van der Waals surface area contributed by atoms with Crippen molar-refractivity contribution < 1.29 is 4.42 Å². The second-order valence-electron chi connectivity index (χ2n) is 15.3. The maximum Gasteiger partial charge on any atom is 0.164 e. The van der Waals surface area contributed by atoms with E-state index in [2.05, 4.69) is 135 Å². The molecule has 59 heavy (non-hydrogen) atoms. The second kappa shape index (κ2) is 14.7. The van der Waals surface area contributed by atoms with Crippen molar-refractivity contribution in [3.8, 4) is 56.4 Å². The molecule has 1 aliphatic carbocycles. The van der Waals surface area contributed by atoms with E-state index < -0.39 is 0 Å². The number of rotatable bonds is 8. The van der Waals surface area contributed by atoms with E-state index in [1.54, 1.807) is 6.08 Å². The fourth-order valence-corrected chi connectivity index (χ4v) is 8.56. The number of anilines is 2. The van der Waals surface area contributed by atoms with Crippen LogP contribution in [-0.2, 0) is 5.41 Å². The average molecular weight is 761 g/mol. The Morgan fingerprint density at radius 1 is 0.542 bits per heavy atom. The van der Waals surface area contributed by atoms with Crippen LogP contribution in [-0.4, -0.2) is 15.0 Å². The Morgan fingerprint density at radius 2 is 1.10 bits per heavy atom. The zero-order valence-electron chi connectivity index (χ0n) is 32.9. The molecule has 7 aromatic carbocycles. The number of nitrogens with zero attached hydrogens (tertiary/aromatic N) is 4. The number of hydrogen-bond acceptors (Lipinski definition) is 5. The lowest BCUT2D eigenvalue weighted by Crippen LogP contribution is -2.27. The molecule has 0 amide bonds. The topological polar surface area (TPSA) is 55.1 Å². The van der Waals surface area contributed by atoms with Crippen molar-refractivity contribution >= 4 is 34.6 Å². The van der Waals surface area contributed by atoms with Crippen LogP contribution in [0.1, 0.15) is 25.0 Å². The molecule has 2 heterocycles. The summed E-state index contributed by atoms with van der Waals surface area (Å²) in [6.45, 7) is 8.75. The Labute approximate surface area is 343 Å². The van der Waals surface area contributed by atoms with Crippen LogP contribution in [0.4, 0.5) is 11.4 Å². The van der Waals surface area contributed by atoms with Gasteiger partial charge in [-0.25, -0.2) is 15.0 Å². The van der Waals surface area contributed by atoms with Gasteiger partial charge in [0.1, 0.15) is 11.0 Å². The molecule has 0 saturated heterocycles. The minimum absolute atomic E-state index is 0.266. The minimum Gasteiger partial charge on any atom is -0.456 e. The highest BCUT2D eigenvalue weighted by molar-refractivity contribution is 5.96. The fourth-order valence-electron chi connectivity index (χ4n) is 8.56. The van der Waals surface area contributed by atoms with Gasteiger partial charge in [-0.2, -0.15) is 0 Å². The Kier molecular flexibility index (Phi) is 8.91. The van der Waals surface area contributed by atoms with Crippen LogP contribution in [0, 0.1) is 0 Å². The van der Waals surface area contributed by atoms with Crippen molar-refractivity contribution in [2.75, 3.05) is 4.90 Å². The van der Waals surface area contributed by atoms with Gasteiger partial charge in [0.25, 0.3) is 0 Å². The molecular weight excluding hydrogens is 721 g/mol. The summed E-state index contributed by atoms with van der Waals surface area (Å²) in [5, 5.41) is 1.78. The molecule has 5 heteroatoms. The number of benzene rings is 7. The minimum atomic E-state index is -0.266. The van der Waals surface area contributed by atoms with Gasteiger partial charge in [-0.3, -0.25) is 0 Å². The largest absolute Gasteiger partial charge is 0.456 e. The van der Waals surface area contributed by atoms with Gasteiger partial charge in [0, 0.05) is 44.6 Å². The van der Waals surface area contributed by atoms with E-state index in [1.807, 2.05) is 78.9 Å². The van der Waals surface area contributed by atoms with Gasteiger partial charge in [0.2, 0.25) is 0 Å². The lowest BCUT2D eigenvalue weighted by molar-refractivity contribution is 0.575. The first-order chi connectivity index (χ1) is 29.0. The van der Waals surface area contributed by atoms with Crippen LogP contribution in [0.5, 0.6) is 0 Å². The summed E-state index contributed by atoms with van der Waals surface area (Å²) in [6.07, 6.45) is 5.93. The van der Waals surface area contributed by atoms with Crippen molar-refractivity contribution in [1.82, 2.24) is 15.0 Å². The third kappa shape index (κ3) is 6.34. The Morgan fingerprint density at radius 3 is 1.80 bits per heavy atom. The molecule has 2 aromatic heterocycles. The summed E-state index contributed by atoms with van der Waals surface area (Å²) in [6, 6.07) is 60.9. The normalized spacial score (nSPS) is 13.3. The summed E-state index contributed by atoms with van der Waals surface area (Å²) in [7, 11) is 0. The van der Waals surface area contributed by atoms with Gasteiger partial charge in [0.05, 0.1) is 5.69 Å². The predicted molar refractivity (Wildman–Crippen MR) is 242 cm³/mol.